The fourth-order valence-corrected chi connectivity index (χ4v) is 3.03. The van der Waals surface area contributed by atoms with E-state index in [9.17, 15) is 4.79 Å². The minimum absolute atomic E-state index is 0.221. The van der Waals surface area contributed by atoms with Gasteiger partial charge in [0.15, 0.2) is 0 Å². The van der Waals surface area contributed by atoms with Crippen molar-refractivity contribution in [2.24, 2.45) is 5.73 Å². The van der Waals surface area contributed by atoms with Gasteiger partial charge in [0.25, 0.3) is 5.91 Å². The van der Waals surface area contributed by atoms with Crippen LogP contribution >= 0.6 is 44.1 Å². The average molecular weight is 428 g/mol. The molecule has 0 unspecified atom stereocenters. The van der Waals surface area contributed by atoms with Gasteiger partial charge in [0.05, 0.1) is 11.3 Å². The van der Waals surface area contributed by atoms with Crippen LogP contribution in [0.15, 0.2) is 45.3 Å². The summed E-state index contributed by atoms with van der Waals surface area (Å²) in [5.74, 6) is -0.221. The number of nitrogens with two attached hydrogens (primary N) is 1. The fourth-order valence-electron chi connectivity index (χ4n) is 1.82. The minimum atomic E-state index is -0.221. The second-order valence-corrected chi connectivity index (χ2v) is 6.70. The van der Waals surface area contributed by atoms with E-state index in [-0.39, 0.29) is 10.9 Å². The number of hydrogen-bond donors (Lipinski definition) is 2. The molecule has 1 amide bonds. The highest BCUT2D eigenvalue weighted by Gasteiger charge is 2.13. The first-order chi connectivity index (χ1) is 9.88. The molecule has 0 aliphatic carbocycles. The van der Waals surface area contributed by atoms with Crippen LogP contribution in [-0.4, -0.2) is 10.9 Å². The molecule has 0 aromatic heterocycles. The summed E-state index contributed by atoms with van der Waals surface area (Å²) in [5.41, 5.74) is 8.53. The topological polar surface area (TPSA) is 55.1 Å². The number of anilines is 1. The van der Waals surface area contributed by atoms with E-state index in [0.29, 0.717) is 16.8 Å². The average Bonchev–Trinajstić information content (AvgIpc) is 2.40. The fraction of sp³-hybridized carbons (Fsp3) is 0.0667. The second kappa shape index (κ2) is 6.68. The lowest BCUT2D eigenvalue weighted by molar-refractivity contribution is 0.102. The first kappa shape index (κ1) is 16.1. The predicted molar refractivity (Wildman–Crippen MR) is 96.9 cm³/mol. The number of rotatable bonds is 3. The molecule has 0 atom stereocenters. The molecule has 108 valence electrons. The summed E-state index contributed by atoms with van der Waals surface area (Å²) in [7, 11) is 0. The Morgan fingerprint density at radius 1 is 1.14 bits per heavy atom. The Morgan fingerprint density at radius 3 is 2.48 bits per heavy atom. The lowest BCUT2D eigenvalue weighted by atomic mass is 10.1. The van der Waals surface area contributed by atoms with Crippen molar-refractivity contribution in [2.75, 3.05) is 5.32 Å². The van der Waals surface area contributed by atoms with Crippen LogP contribution in [0.3, 0.4) is 0 Å². The van der Waals surface area contributed by atoms with Gasteiger partial charge < -0.3 is 11.1 Å². The first-order valence-corrected chi connectivity index (χ1v) is 8.05. The van der Waals surface area contributed by atoms with Gasteiger partial charge in [-0.05, 0) is 58.7 Å². The highest BCUT2D eigenvalue weighted by Crippen LogP contribution is 2.24. The maximum Gasteiger partial charge on any atom is 0.256 e. The van der Waals surface area contributed by atoms with Gasteiger partial charge in [0, 0.05) is 14.5 Å². The molecular formula is C15H12Br2N2OS. The molecule has 0 spiro atoms. The molecule has 0 radical (unpaired) electrons. The van der Waals surface area contributed by atoms with Crippen LogP contribution in [0, 0.1) is 6.92 Å². The van der Waals surface area contributed by atoms with Gasteiger partial charge in [-0.25, -0.2) is 0 Å². The highest BCUT2D eigenvalue weighted by molar-refractivity contribution is 9.10. The normalized spacial score (nSPS) is 10.2. The molecule has 21 heavy (non-hydrogen) atoms. The molecule has 3 N–H and O–H groups in total. The Kier molecular flexibility index (Phi) is 5.13. The van der Waals surface area contributed by atoms with E-state index < -0.39 is 0 Å². The number of carbonyl (C=O) groups is 1. The van der Waals surface area contributed by atoms with E-state index in [1.807, 2.05) is 25.1 Å². The Morgan fingerprint density at radius 2 is 1.86 bits per heavy atom. The van der Waals surface area contributed by atoms with E-state index in [1.54, 1.807) is 18.2 Å². The maximum absolute atomic E-state index is 12.4. The Hall–Kier alpha value is -1.24. The summed E-state index contributed by atoms with van der Waals surface area (Å²) in [6, 6.07) is 10.9. The second-order valence-electron chi connectivity index (χ2n) is 4.49. The minimum Gasteiger partial charge on any atom is -0.389 e. The van der Waals surface area contributed by atoms with Crippen LogP contribution in [0.5, 0.6) is 0 Å². The number of nitrogens with one attached hydrogen (secondary N) is 1. The number of halogens is 2. The van der Waals surface area contributed by atoms with E-state index in [0.717, 1.165) is 14.5 Å². The van der Waals surface area contributed by atoms with Crippen LogP contribution in [0.1, 0.15) is 21.5 Å². The molecule has 0 saturated carbocycles. The van der Waals surface area contributed by atoms with E-state index in [4.69, 9.17) is 18.0 Å². The Bertz CT molecular complexity index is 732. The predicted octanol–water partition coefficient (Wildman–Crippen LogP) is 4.41. The number of hydrogen-bond acceptors (Lipinski definition) is 2. The van der Waals surface area contributed by atoms with Crippen molar-refractivity contribution in [1.29, 1.82) is 0 Å². The van der Waals surface area contributed by atoms with Crippen LogP contribution < -0.4 is 11.1 Å². The van der Waals surface area contributed by atoms with Crippen molar-refractivity contribution in [2.45, 2.75) is 6.92 Å². The first-order valence-electron chi connectivity index (χ1n) is 6.05. The third kappa shape index (κ3) is 3.90. The number of benzene rings is 2. The third-order valence-electron chi connectivity index (χ3n) is 2.86. The lowest BCUT2D eigenvalue weighted by Gasteiger charge is -2.12. The number of carbonyl (C=O) groups excluding carboxylic acids is 1. The van der Waals surface area contributed by atoms with Gasteiger partial charge in [0.1, 0.15) is 4.99 Å². The van der Waals surface area contributed by atoms with Crippen LogP contribution in [-0.2, 0) is 0 Å². The molecule has 0 heterocycles. The molecule has 2 aromatic carbocycles. The Balaban J connectivity index is 2.34. The smallest absolute Gasteiger partial charge is 0.256 e. The van der Waals surface area contributed by atoms with Crippen LogP contribution in [0.2, 0.25) is 0 Å². The Labute approximate surface area is 145 Å². The zero-order chi connectivity index (χ0) is 15.6. The van der Waals surface area contributed by atoms with Crippen molar-refractivity contribution in [3.63, 3.8) is 0 Å². The molecule has 0 fully saturated rings. The molecule has 0 saturated heterocycles. The van der Waals surface area contributed by atoms with Crippen molar-refractivity contribution in [3.8, 4) is 0 Å². The van der Waals surface area contributed by atoms with E-state index in [1.165, 1.54) is 0 Å². The van der Waals surface area contributed by atoms with E-state index in [2.05, 4.69) is 37.2 Å². The van der Waals surface area contributed by atoms with Crippen molar-refractivity contribution in [3.05, 3.63) is 62.0 Å². The molecular weight excluding hydrogens is 416 g/mol. The van der Waals surface area contributed by atoms with Gasteiger partial charge in [-0.15, -0.1) is 0 Å². The third-order valence-corrected chi connectivity index (χ3v) is 4.23. The standard InChI is InChI=1S/C15H12Br2N2OS/c1-8-2-4-10(12(17)6-8)15(20)19-13-5-3-9(16)7-11(13)14(18)21/h2-7H,1H3,(H2,18,21)(H,19,20). The molecule has 0 bridgehead atoms. The summed E-state index contributed by atoms with van der Waals surface area (Å²) >= 11 is 11.8. The number of thiocarbonyl (C=S) groups is 1. The molecule has 6 heteroatoms. The van der Waals surface area contributed by atoms with Crippen molar-refractivity contribution >= 4 is 60.7 Å². The molecule has 0 aliphatic heterocycles. The lowest BCUT2D eigenvalue weighted by Crippen LogP contribution is -2.18. The van der Waals surface area contributed by atoms with Crippen LogP contribution in [0.4, 0.5) is 5.69 Å². The molecule has 2 aromatic rings. The molecule has 2 rings (SSSR count). The summed E-state index contributed by atoms with van der Waals surface area (Å²) < 4.78 is 1.59. The maximum atomic E-state index is 12.4. The zero-order valence-corrected chi connectivity index (χ0v) is 15.1. The summed E-state index contributed by atoms with van der Waals surface area (Å²) in [6.07, 6.45) is 0. The SMILES string of the molecule is Cc1ccc(C(=O)Nc2ccc(Br)cc2C(N)=S)c(Br)c1. The van der Waals surface area contributed by atoms with Gasteiger partial charge in [-0.3, -0.25) is 4.79 Å². The quantitative estimate of drug-likeness (QED) is 0.713. The highest BCUT2D eigenvalue weighted by atomic mass is 79.9. The number of amides is 1. The summed E-state index contributed by atoms with van der Waals surface area (Å²) in [4.78, 5) is 12.6. The monoisotopic (exact) mass is 426 g/mol. The largest absolute Gasteiger partial charge is 0.389 e. The molecule has 0 aliphatic rings. The number of aryl methyl sites for hydroxylation is 1. The van der Waals surface area contributed by atoms with Crippen molar-refractivity contribution in [1.82, 2.24) is 0 Å². The van der Waals surface area contributed by atoms with Crippen molar-refractivity contribution < 1.29 is 4.79 Å². The van der Waals surface area contributed by atoms with E-state index >= 15 is 0 Å². The summed E-state index contributed by atoms with van der Waals surface area (Å²) in [6.45, 7) is 1.96. The zero-order valence-electron chi connectivity index (χ0n) is 11.1. The summed E-state index contributed by atoms with van der Waals surface area (Å²) in [5, 5.41) is 2.84. The van der Waals surface area contributed by atoms with Gasteiger partial charge in [-0.2, -0.15) is 0 Å². The van der Waals surface area contributed by atoms with Crippen LogP contribution in [0.25, 0.3) is 0 Å². The van der Waals surface area contributed by atoms with Gasteiger partial charge in [-0.1, -0.05) is 34.2 Å². The molecule has 3 nitrogen and oxygen atoms in total. The van der Waals surface area contributed by atoms with Gasteiger partial charge >= 0.3 is 0 Å². The van der Waals surface area contributed by atoms with Gasteiger partial charge in [0.2, 0.25) is 0 Å².